The number of rotatable bonds is 9. The first-order chi connectivity index (χ1) is 6.66. The minimum Gasteiger partial charge on any atom is -0.393 e. The molecule has 2 unspecified atom stereocenters. The Bertz CT molecular complexity index is 115. The van der Waals surface area contributed by atoms with Gasteiger partial charge in [0, 0.05) is 6.04 Å². The number of hydrogen-bond donors (Lipinski definition) is 2. The van der Waals surface area contributed by atoms with Gasteiger partial charge in [-0.2, -0.15) is 0 Å². The zero-order valence-electron chi connectivity index (χ0n) is 10.1. The summed E-state index contributed by atoms with van der Waals surface area (Å²) in [6, 6.07) is 0.602. The van der Waals surface area contributed by atoms with E-state index in [0.29, 0.717) is 6.04 Å². The number of aliphatic hydroxyl groups is 1. The highest BCUT2D eigenvalue weighted by molar-refractivity contribution is 4.61. The van der Waals surface area contributed by atoms with E-state index in [1.165, 1.54) is 32.1 Å². The lowest BCUT2D eigenvalue weighted by molar-refractivity contribution is 0.182. The van der Waals surface area contributed by atoms with E-state index in [1.807, 2.05) is 6.92 Å². The summed E-state index contributed by atoms with van der Waals surface area (Å²) in [5.74, 6) is 0. The van der Waals surface area contributed by atoms with Gasteiger partial charge in [-0.05, 0) is 33.2 Å². The van der Waals surface area contributed by atoms with Crippen LogP contribution < -0.4 is 5.32 Å². The molecule has 0 aliphatic heterocycles. The summed E-state index contributed by atoms with van der Waals surface area (Å²) in [7, 11) is 0. The maximum atomic E-state index is 9.07. The Balaban J connectivity index is 3.15. The van der Waals surface area contributed by atoms with Crippen LogP contribution in [0.15, 0.2) is 0 Å². The largest absolute Gasteiger partial charge is 0.393 e. The van der Waals surface area contributed by atoms with Gasteiger partial charge in [-0.3, -0.25) is 0 Å². The van der Waals surface area contributed by atoms with E-state index < -0.39 is 0 Å². The zero-order valence-corrected chi connectivity index (χ0v) is 10.1. The van der Waals surface area contributed by atoms with Crippen molar-refractivity contribution in [2.75, 3.05) is 6.54 Å². The summed E-state index contributed by atoms with van der Waals surface area (Å²) >= 11 is 0. The first-order valence-corrected chi connectivity index (χ1v) is 6.08. The average Bonchev–Trinajstić information content (AvgIpc) is 2.12. The SMILES string of the molecule is CCCCCCC(C)NCCC(C)O. The van der Waals surface area contributed by atoms with E-state index >= 15 is 0 Å². The lowest BCUT2D eigenvalue weighted by Gasteiger charge is -2.14. The molecule has 0 heterocycles. The molecule has 0 bridgehead atoms. The van der Waals surface area contributed by atoms with Gasteiger partial charge in [0.2, 0.25) is 0 Å². The normalized spacial score (nSPS) is 15.4. The molecule has 2 heteroatoms. The summed E-state index contributed by atoms with van der Waals surface area (Å²) < 4.78 is 0. The topological polar surface area (TPSA) is 32.3 Å². The fourth-order valence-corrected chi connectivity index (χ4v) is 1.52. The molecule has 2 N–H and O–H groups in total. The van der Waals surface area contributed by atoms with Gasteiger partial charge in [0.05, 0.1) is 6.10 Å². The predicted octanol–water partition coefficient (Wildman–Crippen LogP) is 2.71. The Morgan fingerprint density at radius 2 is 1.79 bits per heavy atom. The summed E-state index contributed by atoms with van der Waals surface area (Å²) in [6.07, 6.45) is 7.31. The van der Waals surface area contributed by atoms with E-state index in [9.17, 15) is 0 Å². The molecular formula is C12H27NO. The molecule has 0 radical (unpaired) electrons. The van der Waals surface area contributed by atoms with Crippen LogP contribution >= 0.6 is 0 Å². The van der Waals surface area contributed by atoms with Crippen molar-refractivity contribution in [1.82, 2.24) is 5.32 Å². The summed E-state index contributed by atoms with van der Waals surface area (Å²) in [6.45, 7) is 7.25. The number of aliphatic hydroxyl groups excluding tert-OH is 1. The first kappa shape index (κ1) is 13.9. The minimum atomic E-state index is -0.171. The third-order valence-electron chi connectivity index (χ3n) is 2.55. The average molecular weight is 201 g/mol. The van der Waals surface area contributed by atoms with Gasteiger partial charge in [0.1, 0.15) is 0 Å². The van der Waals surface area contributed by atoms with Crippen LogP contribution in [-0.4, -0.2) is 23.8 Å². The smallest absolute Gasteiger partial charge is 0.0524 e. The van der Waals surface area contributed by atoms with Crippen LogP contribution in [0.5, 0.6) is 0 Å². The van der Waals surface area contributed by atoms with Gasteiger partial charge in [0.25, 0.3) is 0 Å². The van der Waals surface area contributed by atoms with Crippen LogP contribution in [0.25, 0.3) is 0 Å². The van der Waals surface area contributed by atoms with Crippen LogP contribution in [0.3, 0.4) is 0 Å². The van der Waals surface area contributed by atoms with Crippen LogP contribution in [0, 0.1) is 0 Å². The molecular weight excluding hydrogens is 174 g/mol. The molecule has 14 heavy (non-hydrogen) atoms. The second kappa shape index (κ2) is 9.47. The van der Waals surface area contributed by atoms with Gasteiger partial charge in [0.15, 0.2) is 0 Å². The van der Waals surface area contributed by atoms with E-state index in [2.05, 4.69) is 19.2 Å². The third kappa shape index (κ3) is 10.0. The Labute approximate surface area is 89.1 Å². The van der Waals surface area contributed by atoms with Crippen molar-refractivity contribution in [3.63, 3.8) is 0 Å². The molecule has 2 nitrogen and oxygen atoms in total. The van der Waals surface area contributed by atoms with Crippen molar-refractivity contribution in [1.29, 1.82) is 0 Å². The van der Waals surface area contributed by atoms with E-state index in [0.717, 1.165) is 13.0 Å². The Morgan fingerprint density at radius 3 is 2.36 bits per heavy atom. The molecule has 0 rings (SSSR count). The molecule has 86 valence electrons. The van der Waals surface area contributed by atoms with Gasteiger partial charge >= 0.3 is 0 Å². The lowest BCUT2D eigenvalue weighted by atomic mass is 10.1. The Hall–Kier alpha value is -0.0800. The van der Waals surface area contributed by atoms with Gasteiger partial charge < -0.3 is 10.4 Å². The van der Waals surface area contributed by atoms with Gasteiger partial charge in [-0.25, -0.2) is 0 Å². The number of nitrogens with one attached hydrogen (secondary N) is 1. The van der Waals surface area contributed by atoms with Crippen LogP contribution in [0.4, 0.5) is 0 Å². The van der Waals surface area contributed by atoms with Crippen LogP contribution in [0.2, 0.25) is 0 Å². The second-order valence-electron chi connectivity index (χ2n) is 4.34. The summed E-state index contributed by atoms with van der Waals surface area (Å²) in [5.41, 5.74) is 0. The lowest BCUT2D eigenvalue weighted by Crippen LogP contribution is -2.28. The van der Waals surface area contributed by atoms with Crippen LogP contribution in [-0.2, 0) is 0 Å². The van der Waals surface area contributed by atoms with Crippen molar-refractivity contribution >= 4 is 0 Å². The molecule has 0 aromatic rings. The number of unbranched alkanes of at least 4 members (excludes halogenated alkanes) is 3. The van der Waals surface area contributed by atoms with Gasteiger partial charge in [-0.15, -0.1) is 0 Å². The zero-order chi connectivity index (χ0) is 10.8. The minimum absolute atomic E-state index is 0.171. The first-order valence-electron chi connectivity index (χ1n) is 6.08. The molecule has 0 aromatic carbocycles. The van der Waals surface area contributed by atoms with E-state index in [-0.39, 0.29) is 6.10 Å². The molecule has 0 fully saturated rings. The molecule has 0 aromatic heterocycles. The quantitative estimate of drug-likeness (QED) is 0.562. The predicted molar refractivity (Wildman–Crippen MR) is 62.5 cm³/mol. The summed E-state index contributed by atoms with van der Waals surface area (Å²) in [5, 5.41) is 12.5. The highest BCUT2D eigenvalue weighted by Gasteiger charge is 2.01. The molecule has 2 atom stereocenters. The number of hydrogen-bond acceptors (Lipinski definition) is 2. The summed E-state index contributed by atoms with van der Waals surface area (Å²) in [4.78, 5) is 0. The highest BCUT2D eigenvalue weighted by atomic mass is 16.3. The van der Waals surface area contributed by atoms with Crippen molar-refractivity contribution in [3.8, 4) is 0 Å². The standard InChI is InChI=1S/C12H27NO/c1-4-5-6-7-8-11(2)13-10-9-12(3)14/h11-14H,4-10H2,1-3H3. The molecule has 0 aliphatic rings. The monoisotopic (exact) mass is 201 g/mol. The van der Waals surface area contributed by atoms with Gasteiger partial charge in [-0.1, -0.05) is 32.6 Å². The molecule has 0 amide bonds. The Morgan fingerprint density at radius 1 is 1.07 bits per heavy atom. The maximum Gasteiger partial charge on any atom is 0.0524 e. The van der Waals surface area contributed by atoms with Crippen molar-refractivity contribution < 1.29 is 5.11 Å². The second-order valence-corrected chi connectivity index (χ2v) is 4.34. The molecule has 0 saturated carbocycles. The van der Waals surface area contributed by atoms with Crippen LogP contribution in [0.1, 0.15) is 59.3 Å². The fraction of sp³-hybridized carbons (Fsp3) is 1.00. The molecule has 0 aliphatic carbocycles. The van der Waals surface area contributed by atoms with E-state index in [1.54, 1.807) is 0 Å². The molecule has 0 saturated heterocycles. The van der Waals surface area contributed by atoms with Crippen molar-refractivity contribution in [2.24, 2.45) is 0 Å². The fourth-order valence-electron chi connectivity index (χ4n) is 1.52. The Kier molecular flexibility index (Phi) is 9.42. The highest BCUT2D eigenvalue weighted by Crippen LogP contribution is 2.05. The third-order valence-corrected chi connectivity index (χ3v) is 2.55. The molecule has 0 spiro atoms. The van der Waals surface area contributed by atoms with Crippen molar-refractivity contribution in [3.05, 3.63) is 0 Å². The maximum absolute atomic E-state index is 9.07. The van der Waals surface area contributed by atoms with Crippen molar-refractivity contribution in [2.45, 2.75) is 71.4 Å². The van der Waals surface area contributed by atoms with E-state index in [4.69, 9.17) is 5.11 Å².